The Hall–Kier alpha value is -3.59. The van der Waals surface area contributed by atoms with Gasteiger partial charge in [-0.25, -0.2) is 22.2 Å². The molecule has 11 nitrogen and oxygen atoms in total. The first-order valence-corrected chi connectivity index (χ1v) is 15.1. The van der Waals surface area contributed by atoms with Crippen LogP contribution in [0.25, 0.3) is 16.7 Å². The number of fused-ring (bicyclic) bond motifs is 1. The van der Waals surface area contributed by atoms with E-state index < -0.39 is 32.6 Å². The van der Waals surface area contributed by atoms with E-state index in [1.165, 1.54) is 52.3 Å². The van der Waals surface area contributed by atoms with Crippen molar-refractivity contribution in [1.29, 1.82) is 0 Å². The number of aryl methyl sites for hydroxylation is 1. The first-order valence-electron chi connectivity index (χ1n) is 12.9. The summed E-state index contributed by atoms with van der Waals surface area (Å²) in [5.74, 6) is -0.620. The van der Waals surface area contributed by atoms with Crippen molar-refractivity contribution < 1.29 is 17.5 Å². The zero-order chi connectivity index (χ0) is 29.1. The van der Waals surface area contributed by atoms with Crippen molar-refractivity contribution in [2.75, 3.05) is 31.6 Å². The molecule has 0 bridgehead atoms. The van der Waals surface area contributed by atoms with Crippen molar-refractivity contribution in [3.8, 4) is 5.69 Å². The van der Waals surface area contributed by atoms with Crippen LogP contribution in [0.4, 0.5) is 15.8 Å². The van der Waals surface area contributed by atoms with E-state index in [2.05, 4.69) is 21.2 Å². The number of rotatable bonds is 6. The molecule has 1 aliphatic carbocycles. The van der Waals surface area contributed by atoms with Gasteiger partial charge < -0.3 is 10.1 Å². The summed E-state index contributed by atoms with van der Waals surface area (Å²) in [4.78, 5) is 40.9. The number of benzene rings is 2. The second-order valence-corrected chi connectivity index (χ2v) is 12.8. The largest absolute Gasteiger partial charge is 0.379 e. The third-order valence-corrected chi connectivity index (χ3v) is 9.63. The van der Waals surface area contributed by atoms with Crippen LogP contribution in [0.5, 0.6) is 0 Å². The normalized spacial score (nSPS) is 16.3. The third-order valence-electron chi connectivity index (χ3n) is 7.25. The number of hydrogen-bond donors (Lipinski definition) is 1. The molecule has 4 aromatic rings. The van der Waals surface area contributed by atoms with E-state index in [1.807, 2.05) is 0 Å². The molecule has 1 saturated carbocycles. The van der Waals surface area contributed by atoms with Crippen molar-refractivity contribution in [2.45, 2.75) is 23.8 Å². The number of hydrogen-bond acceptors (Lipinski definition) is 7. The molecule has 2 fully saturated rings. The molecule has 1 N–H and O–H groups in total. The van der Waals surface area contributed by atoms with Crippen molar-refractivity contribution in [3.05, 3.63) is 90.0 Å². The highest BCUT2D eigenvalue weighted by molar-refractivity contribution is 9.10. The molecule has 0 radical (unpaired) electrons. The van der Waals surface area contributed by atoms with E-state index in [4.69, 9.17) is 4.74 Å². The number of sulfonamides is 1. The lowest BCUT2D eigenvalue weighted by Gasteiger charge is -2.26. The maximum atomic E-state index is 14.8. The molecular formula is C27H25BrFN5O6S. The highest BCUT2D eigenvalue weighted by Crippen LogP contribution is 2.34. The molecule has 1 saturated heterocycles. The molecule has 0 spiro atoms. The molecule has 2 aromatic carbocycles. The minimum atomic E-state index is -3.91. The fourth-order valence-electron chi connectivity index (χ4n) is 5.00. The maximum Gasteiger partial charge on any atom is 0.337 e. The Labute approximate surface area is 241 Å². The third kappa shape index (κ3) is 4.84. The Balaban J connectivity index is 1.63. The van der Waals surface area contributed by atoms with E-state index in [0.29, 0.717) is 17.3 Å². The quantitative estimate of drug-likeness (QED) is 0.342. The number of halogens is 2. The van der Waals surface area contributed by atoms with Gasteiger partial charge in [-0.05, 0) is 49.2 Å². The van der Waals surface area contributed by atoms with Crippen LogP contribution < -0.4 is 22.1 Å². The highest BCUT2D eigenvalue weighted by Gasteiger charge is 2.32. The lowest BCUT2D eigenvalue weighted by atomic mass is 10.2. The van der Waals surface area contributed by atoms with Crippen LogP contribution in [-0.4, -0.2) is 52.7 Å². The Morgan fingerprint density at radius 1 is 1.00 bits per heavy atom. The summed E-state index contributed by atoms with van der Waals surface area (Å²) in [5, 5.41) is 2.85. The van der Waals surface area contributed by atoms with E-state index in [-0.39, 0.29) is 65.3 Å². The molecule has 6 rings (SSSR count). The number of nitrogens with zero attached hydrogens (tertiary/aromatic N) is 4. The lowest BCUT2D eigenvalue weighted by molar-refractivity contribution is 0.0730. The van der Waals surface area contributed by atoms with E-state index >= 15 is 0 Å². The fourth-order valence-corrected chi connectivity index (χ4v) is 6.79. The minimum Gasteiger partial charge on any atom is -0.379 e. The minimum absolute atomic E-state index is 0.0117. The van der Waals surface area contributed by atoms with Gasteiger partial charge in [0.2, 0.25) is 10.0 Å². The van der Waals surface area contributed by atoms with Gasteiger partial charge in [-0.1, -0.05) is 22.0 Å². The van der Waals surface area contributed by atoms with E-state index in [9.17, 15) is 27.2 Å². The van der Waals surface area contributed by atoms with Crippen molar-refractivity contribution in [1.82, 2.24) is 18.0 Å². The average molecular weight is 646 g/mol. The first-order chi connectivity index (χ1) is 19.6. The van der Waals surface area contributed by atoms with Crippen LogP contribution in [0.1, 0.15) is 18.9 Å². The molecule has 214 valence electrons. The molecule has 14 heteroatoms. The monoisotopic (exact) mass is 645 g/mol. The summed E-state index contributed by atoms with van der Waals surface area (Å²) >= 11 is 3.21. The number of pyridine rings is 1. The molecule has 0 amide bonds. The van der Waals surface area contributed by atoms with Crippen LogP contribution in [0.15, 0.2) is 72.3 Å². The maximum absolute atomic E-state index is 14.8. The van der Waals surface area contributed by atoms with Gasteiger partial charge in [-0.3, -0.25) is 18.7 Å². The Morgan fingerprint density at radius 2 is 1.73 bits per heavy atom. The Morgan fingerprint density at radius 3 is 2.41 bits per heavy atom. The summed E-state index contributed by atoms with van der Waals surface area (Å²) in [6.45, 7) is 0.925. The first kappa shape index (κ1) is 27.6. The fraction of sp³-hybridized carbons (Fsp3) is 0.296. The summed E-state index contributed by atoms with van der Waals surface area (Å²) in [6.07, 6.45) is 1.23. The summed E-state index contributed by atoms with van der Waals surface area (Å²) < 4.78 is 52.2. The molecule has 41 heavy (non-hydrogen) atoms. The molecular weight excluding hydrogens is 621 g/mol. The van der Waals surface area contributed by atoms with Crippen LogP contribution >= 0.6 is 15.9 Å². The molecule has 0 unspecified atom stereocenters. The lowest BCUT2D eigenvalue weighted by Crippen LogP contribution is -2.42. The SMILES string of the molecule is Cn1c(=O)cc(Nc2ccc(Br)cc2F)c2c(=O)n(C3CC3)c(=O)n(-c3cccc(S(=O)(=O)N4CCOCC4)c3)c21. The summed E-state index contributed by atoms with van der Waals surface area (Å²) in [5.41, 5.74) is -1.74. The van der Waals surface area contributed by atoms with Gasteiger partial charge in [0.25, 0.3) is 11.1 Å². The van der Waals surface area contributed by atoms with Gasteiger partial charge in [-0.15, -0.1) is 0 Å². The average Bonchev–Trinajstić information content (AvgIpc) is 3.78. The van der Waals surface area contributed by atoms with Gasteiger partial charge in [0.05, 0.1) is 35.2 Å². The van der Waals surface area contributed by atoms with Crippen molar-refractivity contribution >= 4 is 48.4 Å². The van der Waals surface area contributed by atoms with Gasteiger partial charge in [0, 0.05) is 36.7 Å². The standard InChI is InChI=1S/C27H25BrFN5O6S/c1-31-23(35)15-22(30-21-8-5-16(28)13-20(21)29)24-25(31)33(27(37)34(26(24)36)17-6-7-17)18-3-2-4-19(14-18)41(38,39)32-9-11-40-12-10-32/h2-5,8,13-15,17,30H,6-7,9-12H2,1H3. The number of aromatic nitrogens is 3. The molecule has 2 aliphatic rings. The van der Waals surface area contributed by atoms with Gasteiger partial charge in [0.1, 0.15) is 16.9 Å². The topological polar surface area (TPSA) is 125 Å². The Kier molecular flexibility index (Phi) is 6.96. The molecule has 1 aliphatic heterocycles. The van der Waals surface area contributed by atoms with Crippen molar-refractivity contribution in [3.63, 3.8) is 0 Å². The van der Waals surface area contributed by atoms with Crippen LogP contribution in [0.2, 0.25) is 0 Å². The Bertz CT molecular complexity index is 1990. The summed E-state index contributed by atoms with van der Waals surface area (Å²) in [6, 6.07) is 11.0. The van der Waals surface area contributed by atoms with Crippen molar-refractivity contribution in [2.24, 2.45) is 7.05 Å². The van der Waals surface area contributed by atoms with Gasteiger partial charge >= 0.3 is 5.69 Å². The highest BCUT2D eigenvalue weighted by atomic mass is 79.9. The van der Waals surface area contributed by atoms with Gasteiger partial charge in [-0.2, -0.15) is 4.31 Å². The molecule has 0 atom stereocenters. The van der Waals surface area contributed by atoms with Crippen LogP contribution in [0, 0.1) is 5.82 Å². The summed E-state index contributed by atoms with van der Waals surface area (Å²) in [7, 11) is -2.50. The predicted octanol–water partition coefficient (Wildman–Crippen LogP) is 2.85. The van der Waals surface area contributed by atoms with Crippen LogP contribution in [-0.2, 0) is 21.8 Å². The smallest absolute Gasteiger partial charge is 0.337 e. The molecule has 2 aromatic heterocycles. The predicted molar refractivity (Wildman–Crippen MR) is 154 cm³/mol. The van der Waals surface area contributed by atoms with Crippen LogP contribution in [0.3, 0.4) is 0 Å². The number of nitrogens with one attached hydrogen (secondary N) is 1. The van der Waals surface area contributed by atoms with Gasteiger partial charge in [0.15, 0.2) is 0 Å². The zero-order valence-corrected chi connectivity index (χ0v) is 24.2. The zero-order valence-electron chi connectivity index (χ0n) is 21.8. The number of morpholine rings is 1. The second-order valence-electron chi connectivity index (χ2n) is 9.94. The second kappa shape index (κ2) is 10.4. The van der Waals surface area contributed by atoms with E-state index in [0.717, 1.165) is 9.13 Å². The van der Waals surface area contributed by atoms with E-state index in [1.54, 1.807) is 12.1 Å². The molecule has 3 heterocycles. The number of ether oxygens (including phenoxy) is 1. The number of anilines is 2.